The van der Waals surface area contributed by atoms with Gasteiger partial charge in [-0.25, -0.2) is 4.39 Å². The van der Waals surface area contributed by atoms with E-state index in [2.05, 4.69) is 10.5 Å². The van der Waals surface area contributed by atoms with Gasteiger partial charge in [-0.2, -0.15) is 0 Å². The number of anilines is 1. The molecule has 0 aliphatic rings. The summed E-state index contributed by atoms with van der Waals surface area (Å²) in [6.07, 6.45) is 0.422. The lowest BCUT2D eigenvalue weighted by atomic mass is 10.1. The molecule has 1 unspecified atom stereocenters. The second kappa shape index (κ2) is 8.73. The molecule has 1 aromatic heterocycles. The number of methoxy groups -OCH3 is 1. The summed E-state index contributed by atoms with van der Waals surface area (Å²) in [6, 6.07) is 3.42. The summed E-state index contributed by atoms with van der Waals surface area (Å²) in [4.78, 5) is 28.3. The Labute approximate surface area is 163 Å². The van der Waals surface area contributed by atoms with Gasteiger partial charge >= 0.3 is 0 Å². The zero-order valence-corrected chi connectivity index (χ0v) is 16.9. The molecule has 1 N–H and O–H groups in total. The molecular weight excluding hydrogens is 367 g/mol. The van der Waals surface area contributed by atoms with Crippen LogP contribution in [0.25, 0.3) is 11.3 Å². The zero-order valence-electron chi connectivity index (χ0n) is 16.9. The Bertz CT molecular complexity index is 864. The first-order valence-electron chi connectivity index (χ1n) is 8.74. The number of likely N-dealkylation sites (N-methyl/N-ethyl adjacent to an activating group) is 1. The van der Waals surface area contributed by atoms with Gasteiger partial charge in [0.2, 0.25) is 5.91 Å². The summed E-state index contributed by atoms with van der Waals surface area (Å²) >= 11 is 0. The van der Waals surface area contributed by atoms with Gasteiger partial charge in [0.25, 0.3) is 5.91 Å². The Hall–Kier alpha value is -3.10. The van der Waals surface area contributed by atoms with Crippen LogP contribution in [0.3, 0.4) is 0 Å². The molecule has 0 fully saturated rings. The van der Waals surface area contributed by atoms with Gasteiger partial charge in [0.05, 0.1) is 7.11 Å². The Balaban J connectivity index is 2.49. The molecule has 9 heteroatoms. The average molecular weight is 392 g/mol. The highest BCUT2D eigenvalue weighted by Crippen LogP contribution is 2.33. The normalized spacial score (nSPS) is 11.7. The maximum Gasteiger partial charge on any atom is 0.259 e. The van der Waals surface area contributed by atoms with Crippen molar-refractivity contribution in [3.63, 3.8) is 0 Å². The predicted octanol–water partition coefficient (Wildman–Crippen LogP) is 2.15. The van der Waals surface area contributed by atoms with E-state index in [-0.39, 0.29) is 23.0 Å². The van der Waals surface area contributed by atoms with E-state index in [1.807, 2.05) is 0 Å². The van der Waals surface area contributed by atoms with Crippen molar-refractivity contribution in [3.05, 3.63) is 29.6 Å². The maximum absolute atomic E-state index is 13.8. The largest absolute Gasteiger partial charge is 0.494 e. The predicted molar refractivity (Wildman–Crippen MR) is 103 cm³/mol. The van der Waals surface area contributed by atoms with Gasteiger partial charge in [-0.15, -0.1) is 0 Å². The van der Waals surface area contributed by atoms with E-state index in [0.717, 1.165) is 0 Å². The molecule has 0 spiro atoms. The standard InChI is InChI=1S/C19H25FN4O4/c1-7-13(19(26)24(4)5)21-18(25)15-16(28-22-17(15)23(2)3)11-8-9-12(20)14(10-11)27-6/h8-10,13H,7H2,1-6H3,(H,21,25). The third kappa shape index (κ3) is 4.24. The fourth-order valence-corrected chi connectivity index (χ4v) is 2.67. The minimum absolute atomic E-state index is 0.0147. The number of carbonyl (C=O) groups is 2. The van der Waals surface area contributed by atoms with Crippen molar-refractivity contribution < 1.29 is 23.2 Å². The SMILES string of the molecule is CCC(NC(=O)c1c(N(C)C)noc1-c1ccc(F)c(OC)c1)C(=O)N(C)C. The van der Waals surface area contributed by atoms with Crippen LogP contribution in [0.5, 0.6) is 5.75 Å². The van der Waals surface area contributed by atoms with E-state index in [9.17, 15) is 14.0 Å². The number of rotatable bonds is 7. The van der Waals surface area contributed by atoms with Crippen molar-refractivity contribution in [2.45, 2.75) is 19.4 Å². The molecule has 2 aromatic rings. The van der Waals surface area contributed by atoms with Crippen LogP contribution in [0, 0.1) is 5.82 Å². The third-order valence-corrected chi connectivity index (χ3v) is 4.19. The number of halogens is 1. The van der Waals surface area contributed by atoms with Crippen LogP contribution < -0.4 is 15.0 Å². The van der Waals surface area contributed by atoms with Crippen LogP contribution in [0.2, 0.25) is 0 Å². The molecule has 1 aromatic carbocycles. The minimum Gasteiger partial charge on any atom is -0.494 e. The molecule has 0 radical (unpaired) electrons. The summed E-state index contributed by atoms with van der Waals surface area (Å²) in [6.45, 7) is 1.80. The molecule has 0 aliphatic heterocycles. The lowest BCUT2D eigenvalue weighted by Crippen LogP contribution is -2.46. The van der Waals surface area contributed by atoms with Gasteiger partial charge in [-0.05, 0) is 24.6 Å². The molecule has 2 amide bonds. The molecule has 1 heterocycles. The van der Waals surface area contributed by atoms with Gasteiger partial charge in [-0.3, -0.25) is 9.59 Å². The molecule has 0 aliphatic carbocycles. The van der Waals surface area contributed by atoms with Crippen LogP contribution >= 0.6 is 0 Å². The number of carbonyl (C=O) groups excluding carboxylic acids is 2. The second-order valence-corrected chi connectivity index (χ2v) is 6.62. The number of aromatic nitrogens is 1. The van der Waals surface area contributed by atoms with Crippen LogP contribution in [-0.2, 0) is 4.79 Å². The van der Waals surface area contributed by atoms with Gasteiger partial charge < -0.3 is 24.4 Å². The Kier molecular flexibility index (Phi) is 6.61. The van der Waals surface area contributed by atoms with Crippen molar-refractivity contribution in [2.24, 2.45) is 0 Å². The van der Waals surface area contributed by atoms with Crippen LogP contribution in [-0.4, -0.2) is 63.2 Å². The van der Waals surface area contributed by atoms with Gasteiger partial charge in [0.1, 0.15) is 11.6 Å². The Morgan fingerprint density at radius 1 is 1.29 bits per heavy atom. The molecular formula is C19H25FN4O4. The Morgan fingerprint density at radius 2 is 1.96 bits per heavy atom. The van der Waals surface area contributed by atoms with Crippen molar-refractivity contribution in [3.8, 4) is 17.1 Å². The third-order valence-electron chi connectivity index (χ3n) is 4.19. The highest BCUT2D eigenvalue weighted by molar-refractivity contribution is 6.05. The number of hydrogen-bond donors (Lipinski definition) is 1. The topological polar surface area (TPSA) is 87.9 Å². The molecule has 152 valence electrons. The van der Waals surface area contributed by atoms with E-state index in [4.69, 9.17) is 9.26 Å². The molecule has 8 nitrogen and oxygen atoms in total. The lowest BCUT2D eigenvalue weighted by molar-refractivity contribution is -0.130. The molecule has 0 bridgehead atoms. The fraction of sp³-hybridized carbons (Fsp3) is 0.421. The van der Waals surface area contributed by atoms with Crippen molar-refractivity contribution in [2.75, 3.05) is 40.2 Å². The van der Waals surface area contributed by atoms with Gasteiger partial charge in [0, 0.05) is 33.8 Å². The van der Waals surface area contributed by atoms with E-state index < -0.39 is 17.8 Å². The van der Waals surface area contributed by atoms with E-state index in [0.29, 0.717) is 17.8 Å². The molecule has 28 heavy (non-hydrogen) atoms. The molecule has 0 saturated heterocycles. The van der Waals surface area contributed by atoms with Crippen LogP contribution in [0.4, 0.5) is 10.2 Å². The van der Waals surface area contributed by atoms with Gasteiger partial charge in [-0.1, -0.05) is 12.1 Å². The average Bonchev–Trinajstić information content (AvgIpc) is 3.11. The minimum atomic E-state index is -0.692. The highest BCUT2D eigenvalue weighted by Gasteiger charge is 2.29. The summed E-state index contributed by atoms with van der Waals surface area (Å²) in [5.41, 5.74) is 0.583. The second-order valence-electron chi connectivity index (χ2n) is 6.62. The number of nitrogens with zero attached hydrogens (tertiary/aromatic N) is 3. The number of nitrogens with one attached hydrogen (secondary N) is 1. The molecule has 1 atom stereocenters. The first kappa shape index (κ1) is 21.2. The smallest absolute Gasteiger partial charge is 0.259 e. The van der Waals surface area contributed by atoms with E-state index in [1.165, 1.54) is 30.2 Å². The summed E-state index contributed by atoms with van der Waals surface area (Å²) < 4.78 is 24.2. The van der Waals surface area contributed by atoms with Crippen molar-refractivity contribution in [1.29, 1.82) is 0 Å². The van der Waals surface area contributed by atoms with Gasteiger partial charge in [0.15, 0.2) is 23.1 Å². The summed E-state index contributed by atoms with van der Waals surface area (Å²) in [5.74, 6) is -0.795. The van der Waals surface area contributed by atoms with Crippen LogP contribution in [0.15, 0.2) is 22.7 Å². The number of benzene rings is 1. The van der Waals surface area contributed by atoms with Crippen molar-refractivity contribution in [1.82, 2.24) is 15.4 Å². The first-order chi connectivity index (χ1) is 13.2. The quantitative estimate of drug-likeness (QED) is 0.777. The van der Waals surface area contributed by atoms with Crippen molar-refractivity contribution >= 4 is 17.6 Å². The van der Waals surface area contributed by atoms with E-state index in [1.54, 1.807) is 40.0 Å². The maximum atomic E-state index is 13.8. The highest BCUT2D eigenvalue weighted by atomic mass is 19.1. The summed E-state index contributed by atoms with van der Waals surface area (Å²) in [5, 5.41) is 6.70. The first-order valence-corrected chi connectivity index (χ1v) is 8.74. The molecule has 2 rings (SSSR count). The number of amides is 2. The monoisotopic (exact) mass is 392 g/mol. The fourth-order valence-electron chi connectivity index (χ4n) is 2.67. The Morgan fingerprint density at radius 3 is 2.50 bits per heavy atom. The molecule has 0 saturated carbocycles. The van der Waals surface area contributed by atoms with Crippen LogP contribution in [0.1, 0.15) is 23.7 Å². The van der Waals surface area contributed by atoms with E-state index >= 15 is 0 Å². The summed E-state index contributed by atoms with van der Waals surface area (Å²) in [7, 11) is 8.02. The zero-order chi connectivity index (χ0) is 21.0. The number of ether oxygens (including phenoxy) is 1. The lowest BCUT2D eigenvalue weighted by Gasteiger charge is -2.21. The number of hydrogen-bond acceptors (Lipinski definition) is 6.